The number of benzene rings is 2. The van der Waals surface area contributed by atoms with Gasteiger partial charge >= 0.3 is 23.9 Å². The summed E-state index contributed by atoms with van der Waals surface area (Å²) in [5.41, 5.74) is 3.52. The highest BCUT2D eigenvalue weighted by Gasteiger charge is 2.42. The van der Waals surface area contributed by atoms with Crippen molar-refractivity contribution < 1.29 is 47.6 Å². The highest BCUT2D eigenvalue weighted by atomic mass is 16.6. The topological polar surface area (TPSA) is 124 Å². The Kier molecular flexibility index (Phi) is 11.9. The number of aryl methyl sites for hydroxylation is 2. The van der Waals surface area contributed by atoms with Crippen LogP contribution in [0.25, 0.3) is 11.1 Å². The Morgan fingerprint density at radius 1 is 0.604 bits per heavy atom. The second-order valence-corrected chi connectivity index (χ2v) is 13.9. The van der Waals surface area contributed by atoms with E-state index in [9.17, 15) is 19.2 Å². The molecule has 2 aromatic rings. The minimum Gasteiger partial charge on any atom is -0.463 e. The summed E-state index contributed by atoms with van der Waals surface area (Å²) in [7, 11) is 0. The van der Waals surface area contributed by atoms with Crippen LogP contribution in [0, 0.1) is 0 Å². The lowest BCUT2D eigenvalue weighted by atomic mass is 9.81. The number of carbonyl (C=O) groups is 4. The second kappa shape index (κ2) is 15.5. The minimum absolute atomic E-state index is 0.118. The van der Waals surface area contributed by atoms with Crippen LogP contribution in [0.2, 0.25) is 0 Å². The average Bonchev–Trinajstić information content (AvgIpc) is 3.51. The van der Waals surface area contributed by atoms with Gasteiger partial charge in [0.2, 0.25) is 0 Å². The van der Waals surface area contributed by atoms with Gasteiger partial charge in [-0.05, 0) is 60.8 Å². The monoisotopic (exact) mass is 664 g/mol. The molecule has 10 heteroatoms. The SMILES string of the molecule is CCOCCOC(=O)CCc1cc2c(c(C(C)(C)C)c1)OC(=O)C2=C1C(=O)Oc2c1cc(CCC(=O)OCCOCC)cc2C(C)(C)C. The number of hydrogen-bond donors (Lipinski definition) is 0. The number of hydrogen-bond acceptors (Lipinski definition) is 10. The standard InChI is InChI=1S/C38H48O10/c1-9-43-15-17-45-29(39)13-11-23-19-25-31(35(41)47-33(25)27(21-23)37(3,4)5)32-26-20-24(12-14-30(40)46-18-16-44-10-2)22-28(38(6,7)8)34(26)48-36(32)42/h19-22H,9-18H2,1-8H3. The highest BCUT2D eigenvalue weighted by Crippen LogP contribution is 2.50. The van der Waals surface area contributed by atoms with Crippen LogP contribution in [-0.4, -0.2) is 63.5 Å². The lowest BCUT2D eigenvalue weighted by molar-refractivity contribution is -0.146. The molecule has 0 saturated heterocycles. The Labute approximate surface area is 283 Å². The Bertz CT molecular complexity index is 1470. The molecule has 0 aromatic heterocycles. The maximum atomic E-state index is 13.7. The molecular weight excluding hydrogens is 616 g/mol. The van der Waals surface area contributed by atoms with Crippen LogP contribution >= 0.6 is 0 Å². The summed E-state index contributed by atoms with van der Waals surface area (Å²) < 4.78 is 32.9. The first-order chi connectivity index (χ1) is 22.6. The number of carbonyl (C=O) groups excluding carboxylic acids is 4. The van der Waals surface area contributed by atoms with Crippen molar-refractivity contribution in [3.05, 3.63) is 57.6 Å². The molecule has 0 aliphatic carbocycles. The first kappa shape index (κ1) is 36.8. The van der Waals surface area contributed by atoms with E-state index in [-0.39, 0.29) is 49.1 Å². The van der Waals surface area contributed by atoms with Crippen LogP contribution in [0.15, 0.2) is 24.3 Å². The van der Waals surface area contributed by atoms with Crippen molar-refractivity contribution in [2.45, 2.75) is 91.9 Å². The van der Waals surface area contributed by atoms with Crippen molar-refractivity contribution in [3.8, 4) is 11.5 Å². The number of esters is 4. The first-order valence-corrected chi connectivity index (χ1v) is 16.7. The smallest absolute Gasteiger partial charge is 0.345 e. The van der Waals surface area contributed by atoms with E-state index in [0.717, 1.165) is 22.3 Å². The highest BCUT2D eigenvalue weighted by molar-refractivity contribution is 6.41. The summed E-state index contributed by atoms with van der Waals surface area (Å²) in [4.78, 5) is 52.3. The van der Waals surface area contributed by atoms with E-state index in [1.807, 2.05) is 79.7 Å². The maximum absolute atomic E-state index is 13.7. The maximum Gasteiger partial charge on any atom is 0.345 e. The molecule has 260 valence electrons. The normalized spacial score (nSPS) is 15.6. The third kappa shape index (κ3) is 8.71. The van der Waals surface area contributed by atoms with Crippen LogP contribution in [0.4, 0.5) is 0 Å². The third-order valence-electron chi connectivity index (χ3n) is 8.13. The quantitative estimate of drug-likeness (QED) is 0.102. The fraction of sp³-hybridized carbons (Fsp3) is 0.526. The first-order valence-electron chi connectivity index (χ1n) is 16.7. The van der Waals surface area contributed by atoms with Crippen LogP contribution in [0.5, 0.6) is 11.5 Å². The molecule has 0 bridgehead atoms. The Balaban J connectivity index is 1.75. The van der Waals surface area contributed by atoms with E-state index in [2.05, 4.69) is 0 Å². The van der Waals surface area contributed by atoms with E-state index < -0.39 is 22.8 Å². The predicted molar refractivity (Wildman–Crippen MR) is 180 cm³/mol. The molecule has 0 amide bonds. The molecule has 48 heavy (non-hydrogen) atoms. The van der Waals surface area contributed by atoms with Crippen LogP contribution in [0.1, 0.15) is 102 Å². The van der Waals surface area contributed by atoms with Gasteiger partial charge < -0.3 is 28.4 Å². The fourth-order valence-electron chi connectivity index (χ4n) is 5.71. The Morgan fingerprint density at radius 3 is 1.31 bits per heavy atom. The molecule has 0 N–H and O–H groups in total. The molecule has 2 aliphatic heterocycles. The second-order valence-electron chi connectivity index (χ2n) is 13.9. The van der Waals surface area contributed by atoms with Crippen molar-refractivity contribution >= 4 is 35.0 Å². The summed E-state index contributed by atoms with van der Waals surface area (Å²) >= 11 is 0. The molecule has 2 heterocycles. The summed E-state index contributed by atoms with van der Waals surface area (Å²) in [5, 5.41) is 0. The lowest BCUT2D eigenvalue weighted by Crippen LogP contribution is -2.14. The molecule has 0 saturated carbocycles. The third-order valence-corrected chi connectivity index (χ3v) is 8.13. The van der Waals surface area contributed by atoms with Gasteiger partial charge in [0.25, 0.3) is 0 Å². The molecule has 0 fully saturated rings. The summed E-state index contributed by atoms with van der Waals surface area (Å²) in [6.07, 6.45) is 0.986. The molecule has 0 atom stereocenters. The molecule has 10 nitrogen and oxygen atoms in total. The zero-order valence-corrected chi connectivity index (χ0v) is 29.5. The zero-order valence-electron chi connectivity index (χ0n) is 29.5. The molecule has 0 unspecified atom stereocenters. The van der Waals surface area contributed by atoms with Crippen LogP contribution in [0.3, 0.4) is 0 Å². The predicted octanol–water partition coefficient (Wildman–Crippen LogP) is 6.06. The van der Waals surface area contributed by atoms with Crippen molar-refractivity contribution in [2.75, 3.05) is 39.6 Å². The largest absolute Gasteiger partial charge is 0.463 e. The number of ether oxygens (including phenoxy) is 6. The van der Waals surface area contributed by atoms with E-state index >= 15 is 0 Å². The van der Waals surface area contributed by atoms with Gasteiger partial charge in [-0.1, -0.05) is 53.7 Å². The lowest BCUT2D eigenvalue weighted by Gasteiger charge is -2.23. The number of fused-ring (bicyclic) bond motifs is 2. The van der Waals surface area contributed by atoms with Crippen molar-refractivity contribution in [2.24, 2.45) is 0 Å². The van der Waals surface area contributed by atoms with Gasteiger partial charge in [0.15, 0.2) is 0 Å². The van der Waals surface area contributed by atoms with Crippen LogP contribution in [-0.2, 0) is 61.8 Å². The van der Waals surface area contributed by atoms with Crippen molar-refractivity contribution in [1.82, 2.24) is 0 Å². The van der Waals surface area contributed by atoms with E-state index in [4.69, 9.17) is 28.4 Å². The zero-order chi connectivity index (χ0) is 35.2. The van der Waals surface area contributed by atoms with Gasteiger partial charge in [0.05, 0.1) is 24.4 Å². The molecule has 0 radical (unpaired) electrons. The summed E-state index contributed by atoms with van der Waals surface area (Å²) in [6.45, 7) is 17.9. The Hall–Kier alpha value is -4.02. The van der Waals surface area contributed by atoms with Gasteiger partial charge in [-0.15, -0.1) is 0 Å². The van der Waals surface area contributed by atoms with Gasteiger partial charge in [-0.2, -0.15) is 0 Å². The van der Waals surface area contributed by atoms with Crippen molar-refractivity contribution in [1.29, 1.82) is 0 Å². The van der Waals surface area contributed by atoms with E-state index in [1.165, 1.54) is 0 Å². The number of rotatable bonds is 14. The van der Waals surface area contributed by atoms with Crippen LogP contribution < -0.4 is 9.47 Å². The average molecular weight is 665 g/mol. The molecule has 0 spiro atoms. The van der Waals surface area contributed by atoms with Gasteiger partial charge in [0.1, 0.15) is 24.7 Å². The summed E-state index contributed by atoms with van der Waals surface area (Å²) in [5.74, 6) is -1.23. The van der Waals surface area contributed by atoms with Gasteiger partial charge in [-0.25, -0.2) is 9.59 Å². The van der Waals surface area contributed by atoms with Gasteiger partial charge in [-0.3, -0.25) is 9.59 Å². The molecule has 2 aromatic carbocycles. The van der Waals surface area contributed by atoms with Crippen molar-refractivity contribution in [3.63, 3.8) is 0 Å². The Morgan fingerprint density at radius 2 is 0.979 bits per heavy atom. The van der Waals surface area contributed by atoms with Gasteiger partial charge in [0, 0.05) is 48.3 Å². The van der Waals surface area contributed by atoms with E-state index in [0.29, 0.717) is 61.9 Å². The molecule has 4 rings (SSSR count). The summed E-state index contributed by atoms with van der Waals surface area (Å²) in [6, 6.07) is 7.50. The fourth-order valence-corrected chi connectivity index (χ4v) is 5.71. The molecular formula is C38H48O10. The molecule has 2 aliphatic rings. The minimum atomic E-state index is -0.650. The van der Waals surface area contributed by atoms with E-state index in [1.54, 1.807) is 0 Å².